The van der Waals surface area contributed by atoms with E-state index in [1.807, 2.05) is 17.8 Å². The summed E-state index contributed by atoms with van der Waals surface area (Å²) in [4.78, 5) is 0. The maximum atomic E-state index is 3.76. The van der Waals surface area contributed by atoms with Crippen molar-refractivity contribution in [1.82, 2.24) is 0 Å². The van der Waals surface area contributed by atoms with Crippen molar-refractivity contribution in [2.75, 3.05) is 5.75 Å². The highest BCUT2D eigenvalue weighted by atomic mass is 32.2. The fourth-order valence-electron chi connectivity index (χ4n) is 1.35. The van der Waals surface area contributed by atoms with Gasteiger partial charge in [-0.3, -0.25) is 0 Å². The fraction of sp³-hybridized carbons (Fsp3) is 0.385. The standard InChI is InChI=1S/C13H18S/c1-3-6-12-7-5-8-13(10-12)11-14-9-4-2/h3,5,7-8,10H,1,4,6,9,11H2,2H3. The Balaban J connectivity index is 2.50. The summed E-state index contributed by atoms with van der Waals surface area (Å²) in [5.41, 5.74) is 2.80. The Morgan fingerprint density at radius 2 is 2.14 bits per heavy atom. The number of allylic oxidation sites excluding steroid dienone is 1. The van der Waals surface area contributed by atoms with E-state index in [0.717, 1.165) is 12.2 Å². The van der Waals surface area contributed by atoms with Gasteiger partial charge in [-0.05, 0) is 29.7 Å². The molecule has 0 unspecified atom stereocenters. The van der Waals surface area contributed by atoms with Gasteiger partial charge in [0.15, 0.2) is 0 Å². The van der Waals surface area contributed by atoms with Gasteiger partial charge in [-0.15, -0.1) is 6.58 Å². The second-order valence-electron chi connectivity index (χ2n) is 3.37. The Morgan fingerprint density at radius 3 is 2.86 bits per heavy atom. The molecule has 76 valence electrons. The molecule has 0 aromatic heterocycles. The van der Waals surface area contributed by atoms with Gasteiger partial charge in [0.1, 0.15) is 0 Å². The molecule has 0 aliphatic heterocycles. The highest BCUT2D eigenvalue weighted by Crippen LogP contribution is 2.14. The van der Waals surface area contributed by atoms with Crippen LogP contribution in [0.5, 0.6) is 0 Å². The van der Waals surface area contributed by atoms with Gasteiger partial charge in [-0.25, -0.2) is 0 Å². The second kappa shape index (κ2) is 6.72. The van der Waals surface area contributed by atoms with Gasteiger partial charge < -0.3 is 0 Å². The van der Waals surface area contributed by atoms with E-state index < -0.39 is 0 Å². The lowest BCUT2D eigenvalue weighted by Gasteiger charge is -2.03. The maximum Gasteiger partial charge on any atom is 0.0184 e. The molecule has 0 bridgehead atoms. The zero-order valence-corrected chi connectivity index (χ0v) is 9.65. The molecule has 14 heavy (non-hydrogen) atoms. The quantitative estimate of drug-likeness (QED) is 0.499. The van der Waals surface area contributed by atoms with Gasteiger partial charge in [0.25, 0.3) is 0 Å². The van der Waals surface area contributed by atoms with Crippen molar-refractivity contribution in [3.05, 3.63) is 48.0 Å². The molecule has 0 heterocycles. The molecule has 0 fully saturated rings. The van der Waals surface area contributed by atoms with Crippen LogP contribution < -0.4 is 0 Å². The van der Waals surface area contributed by atoms with Gasteiger partial charge >= 0.3 is 0 Å². The van der Waals surface area contributed by atoms with Crippen LogP contribution in [-0.4, -0.2) is 5.75 Å². The molecule has 0 N–H and O–H groups in total. The smallest absolute Gasteiger partial charge is 0.0184 e. The minimum Gasteiger partial charge on any atom is -0.157 e. The van der Waals surface area contributed by atoms with Crippen molar-refractivity contribution >= 4 is 11.8 Å². The summed E-state index contributed by atoms with van der Waals surface area (Å²) in [6.07, 6.45) is 4.20. The van der Waals surface area contributed by atoms with Crippen LogP contribution in [0.1, 0.15) is 24.5 Å². The third-order valence-corrected chi connectivity index (χ3v) is 3.22. The van der Waals surface area contributed by atoms with Crippen LogP contribution in [0, 0.1) is 0 Å². The zero-order chi connectivity index (χ0) is 10.2. The fourth-order valence-corrected chi connectivity index (χ4v) is 2.20. The molecule has 0 amide bonds. The van der Waals surface area contributed by atoms with Crippen molar-refractivity contribution in [3.63, 3.8) is 0 Å². The van der Waals surface area contributed by atoms with E-state index in [-0.39, 0.29) is 0 Å². The van der Waals surface area contributed by atoms with E-state index in [4.69, 9.17) is 0 Å². The number of thioether (sulfide) groups is 1. The van der Waals surface area contributed by atoms with Crippen molar-refractivity contribution in [1.29, 1.82) is 0 Å². The molecule has 0 aliphatic carbocycles. The lowest BCUT2D eigenvalue weighted by atomic mass is 10.1. The molecule has 0 radical (unpaired) electrons. The predicted molar refractivity (Wildman–Crippen MR) is 66.8 cm³/mol. The Labute approximate surface area is 91.4 Å². The normalized spacial score (nSPS) is 10.1. The molecular formula is C13H18S. The number of hydrogen-bond acceptors (Lipinski definition) is 1. The van der Waals surface area contributed by atoms with Crippen molar-refractivity contribution < 1.29 is 0 Å². The first-order valence-electron chi connectivity index (χ1n) is 5.13. The lowest BCUT2D eigenvalue weighted by Crippen LogP contribution is -1.86. The minimum absolute atomic E-state index is 0.978. The summed E-state index contributed by atoms with van der Waals surface area (Å²) in [5, 5.41) is 0. The topological polar surface area (TPSA) is 0 Å². The van der Waals surface area contributed by atoms with E-state index in [1.165, 1.54) is 23.3 Å². The van der Waals surface area contributed by atoms with Crippen molar-refractivity contribution in [2.45, 2.75) is 25.5 Å². The van der Waals surface area contributed by atoms with E-state index in [0.29, 0.717) is 0 Å². The third-order valence-electron chi connectivity index (χ3n) is 1.99. The Morgan fingerprint density at radius 1 is 1.36 bits per heavy atom. The maximum absolute atomic E-state index is 3.76. The number of hydrogen-bond donors (Lipinski definition) is 0. The molecule has 0 nitrogen and oxygen atoms in total. The number of rotatable bonds is 6. The van der Waals surface area contributed by atoms with Gasteiger partial charge in [0.05, 0.1) is 0 Å². The Hall–Kier alpha value is -0.690. The SMILES string of the molecule is C=CCc1cccc(CSCCC)c1. The first-order chi connectivity index (χ1) is 6.86. The summed E-state index contributed by atoms with van der Waals surface area (Å²) in [5.74, 6) is 2.39. The van der Waals surface area contributed by atoms with Crippen LogP contribution in [-0.2, 0) is 12.2 Å². The van der Waals surface area contributed by atoms with Gasteiger partial charge in [-0.2, -0.15) is 11.8 Å². The minimum atomic E-state index is 0.978. The first-order valence-corrected chi connectivity index (χ1v) is 6.28. The summed E-state index contributed by atoms with van der Waals surface area (Å²) < 4.78 is 0. The molecule has 0 saturated carbocycles. The summed E-state index contributed by atoms with van der Waals surface area (Å²) in [7, 11) is 0. The molecule has 0 saturated heterocycles. The monoisotopic (exact) mass is 206 g/mol. The average molecular weight is 206 g/mol. The third kappa shape index (κ3) is 4.01. The summed E-state index contributed by atoms with van der Waals surface area (Å²) >= 11 is 2.01. The van der Waals surface area contributed by atoms with Gasteiger partial charge in [-0.1, -0.05) is 37.3 Å². The lowest BCUT2D eigenvalue weighted by molar-refractivity contribution is 1.10. The molecule has 1 aromatic carbocycles. The van der Waals surface area contributed by atoms with Crippen LogP contribution in [0.4, 0.5) is 0 Å². The predicted octanol–water partition coefficient (Wildman–Crippen LogP) is 4.06. The van der Waals surface area contributed by atoms with E-state index in [9.17, 15) is 0 Å². The highest BCUT2D eigenvalue weighted by Gasteiger charge is 1.94. The zero-order valence-electron chi connectivity index (χ0n) is 8.83. The van der Waals surface area contributed by atoms with E-state index in [2.05, 4.69) is 37.8 Å². The molecule has 1 rings (SSSR count). The second-order valence-corrected chi connectivity index (χ2v) is 4.47. The van der Waals surface area contributed by atoms with E-state index >= 15 is 0 Å². The molecule has 0 spiro atoms. The van der Waals surface area contributed by atoms with Crippen LogP contribution in [0.2, 0.25) is 0 Å². The molecule has 1 aromatic rings. The number of benzene rings is 1. The van der Waals surface area contributed by atoms with Crippen LogP contribution >= 0.6 is 11.8 Å². The van der Waals surface area contributed by atoms with Crippen molar-refractivity contribution in [2.24, 2.45) is 0 Å². The Kier molecular flexibility index (Phi) is 5.46. The summed E-state index contributed by atoms with van der Waals surface area (Å²) in [6, 6.07) is 8.79. The van der Waals surface area contributed by atoms with Crippen molar-refractivity contribution in [3.8, 4) is 0 Å². The summed E-state index contributed by atoms with van der Waals surface area (Å²) in [6.45, 7) is 5.98. The highest BCUT2D eigenvalue weighted by molar-refractivity contribution is 7.98. The molecule has 0 aliphatic rings. The van der Waals surface area contributed by atoms with Crippen LogP contribution in [0.25, 0.3) is 0 Å². The molecule has 0 atom stereocenters. The van der Waals surface area contributed by atoms with Crippen LogP contribution in [0.3, 0.4) is 0 Å². The van der Waals surface area contributed by atoms with Crippen LogP contribution in [0.15, 0.2) is 36.9 Å². The van der Waals surface area contributed by atoms with Gasteiger partial charge in [0.2, 0.25) is 0 Å². The first kappa shape index (κ1) is 11.4. The largest absolute Gasteiger partial charge is 0.157 e. The molecule has 1 heteroatoms. The van der Waals surface area contributed by atoms with Gasteiger partial charge in [0, 0.05) is 5.75 Å². The van der Waals surface area contributed by atoms with E-state index in [1.54, 1.807) is 0 Å². The average Bonchev–Trinajstić information content (AvgIpc) is 2.19. The Bertz CT molecular complexity index is 278. The molecular weight excluding hydrogens is 188 g/mol.